The molecule has 1 N–H and O–H groups in total. The lowest BCUT2D eigenvalue weighted by molar-refractivity contribution is 1.15. The minimum absolute atomic E-state index is 0.439. The topological polar surface area (TPSA) is 35.8 Å². The Morgan fingerprint density at radius 3 is 2.53 bits per heavy atom. The van der Waals surface area contributed by atoms with Gasteiger partial charge in [-0.2, -0.15) is 5.26 Å². The van der Waals surface area contributed by atoms with Crippen molar-refractivity contribution in [3.8, 4) is 6.07 Å². The van der Waals surface area contributed by atoms with Crippen molar-refractivity contribution < 1.29 is 0 Å². The highest BCUT2D eigenvalue weighted by Crippen LogP contribution is 2.24. The van der Waals surface area contributed by atoms with E-state index in [1.54, 1.807) is 12.1 Å². The molecule has 0 aliphatic heterocycles. The summed E-state index contributed by atoms with van der Waals surface area (Å²) in [6, 6.07) is 13.0. The van der Waals surface area contributed by atoms with E-state index in [1.807, 2.05) is 30.3 Å². The summed E-state index contributed by atoms with van der Waals surface area (Å²) in [6.45, 7) is 0.592. The van der Waals surface area contributed by atoms with Crippen molar-refractivity contribution in [2.75, 3.05) is 5.32 Å². The molecule has 96 valence electrons. The van der Waals surface area contributed by atoms with E-state index in [0.29, 0.717) is 22.2 Å². The van der Waals surface area contributed by atoms with Gasteiger partial charge in [0.1, 0.15) is 6.07 Å². The van der Waals surface area contributed by atoms with E-state index in [0.717, 1.165) is 15.7 Å². The first-order valence-corrected chi connectivity index (χ1v) is 7.02. The summed E-state index contributed by atoms with van der Waals surface area (Å²) >= 11 is 15.5. The summed E-state index contributed by atoms with van der Waals surface area (Å²) in [5.74, 6) is 0. The third kappa shape index (κ3) is 3.63. The lowest BCUT2D eigenvalue weighted by Crippen LogP contribution is -2.00. The number of halogens is 3. The van der Waals surface area contributed by atoms with Crippen LogP contribution < -0.4 is 5.32 Å². The fourth-order valence-corrected chi connectivity index (χ4v) is 2.54. The molecule has 0 saturated heterocycles. The van der Waals surface area contributed by atoms with E-state index >= 15 is 0 Å². The first-order chi connectivity index (χ1) is 9.10. The van der Waals surface area contributed by atoms with Gasteiger partial charge in [0, 0.05) is 21.7 Å². The number of benzene rings is 2. The van der Waals surface area contributed by atoms with Crippen molar-refractivity contribution in [2.45, 2.75) is 6.54 Å². The van der Waals surface area contributed by atoms with Crippen LogP contribution in [0.1, 0.15) is 11.1 Å². The van der Waals surface area contributed by atoms with Gasteiger partial charge in [0.15, 0.2) is 0 Å². The van der Waals surface area contributed by atoms with Crippen LogP contribution in [-0.4, -0.2) is 0 Å². The average molecular weight is 356 g/mol. The van der Waals surface area contributed by atoms with Crippen molar-refractivity contribution in [1.29, 1.82) is 5.26 Å². The predicted octanol–water partition coefficient (Wildman–Crippen LogP) is 5.24. The smallest absolute Gasteiger partial charge is 0.101 e. The summed E-state index contributed by atoms with van der Waals surface area (Å²) in [5.41, 5.74) is 2.31. The Hall–Kier alpha value is -1.21. The maximum Gasteiger partial charge on any atom is 0.101 e. The second-order valence-corrected chi connectivity index (χ2v) is 5.63. The van der Waals surface area contributed by atoms with Gasteiger partial charge in [-0.3, -0.25) is 0 Å². The molecule has 5 heteroatoms. The molecular formula is C14H9BrCl2N2. The van der Waals surface area contributed by atoms with Crippen molar-refractivity contribution in [3.63, 3.8) is 0 Å². The van der Waals surface area contributed by atoms with E-state index in [4.69, 9.17) is 28.5 Å². The van der Waals surface area contributed by atoms with Crippen LogP contribution in [0.5, 0.6) is 0 Å². The molecule has 0 aromatic heterocycles. The van der Waals surface area contributed by atoms with Crippen molar-refractivity contribution >= 4 is 44.8 Å². The largest absolute Gasteiger partial charge is 0.381 e. The molecule has 19 heavy (non-hydrogen) atoms. The molecule has 2 aromatic carbocycles. The fraction of sp³-hybridized carbons (Fsp3) is 0.0714. The maximum atomic E-state index is 8.80. The summed E-state index contributed by atoms with van der Waals surface area (Å²) in [6.07, 6.45) is 0. The Labute approximate surface area is 130 Å². The van der Waals surface area contributed by atoms with Crippen LogP contribution in [0.3, 0.4) is 0 Å². The summed E-state index contributed by atoms with van der Waals surface area (Å²) in [5, 5.41) is 13.2. The molecule has 0 aliphatic rings. The third-order valence-corrected chi connectivity index (χ3v) is 3.75. The Kier molecular flexibility index (Phi) is 4.71. The molecule has 0 bridgehead atoms. The van der Waals surface area contributed by atoms with E-state index in [1.165, 1.54) is 0 Å². The monoisotopic (exact) mass is 354 g/mol. The standard InChI is InChI=1S/C14H9BrCl2N2/c15-11-3-1-10(13(16)5-11)8-19-12-4-2-9(7-18)14(17)6-12/h1-6,19H,8H2. The lowest BCUT2D eigenvalue weighted by Gasteiger charge is -2.09. The number of nitriles is 1. The number of anilines is 1. The molecule has 0 unspecified atom stereocenters. The first kappa shape index (κ1) is 14.2. The summed E-state index contributed by atoms with van der Waals surface area (Å²) < 4.78 is 0.947. The number of hydrogen-bond acceptors (Lipinski definition) is 2. The summed E-state index contributed by atoms with van der Waals surface area (Å²) in [7, 11) is 0. The molecular weight excluding hydrogens is 347 g/mol. The van der Waals surface area contributed by atoms with Gasteiger partial charge in [0.05, 0.1) is 10.6 Å². The molecule has 0 atom stereocenters. The zero-order chi connectivity index (χ0) is 13.8. The van der Waals surface area contributed by atoms with Gasteiger partial charge in [0.2, 0.25) is 0 Å². The maximum absolute atomic E-state index is 8.80. The molecule has 0 fully saturated rings. The second kappa shape index (κ2) is 6.29. The molecule has 0 saturated carbocycles. The van der Waals surface area contributed by atoms with Gasteiger partial charge in [0.25, 0.3) is 0 Å². The molecule has 0 heterocycles. The van der Waals surface area contributed by atoms with Crippen LogP contribution >= 0.6 is 39.1 Å². The highest BCUT2D eigenvalue weighted by atomic mass is 79.9. The predicted molar refractivity (Wildman–Crippen MR) is 82.6 cm³/mol. The number of rotatable bonds is 3. The van der Waals surface area contributed by atoms with Gasteiger partial charge in [-0.15, -0.1) is 0 Å². The Balaban J connectivity index is 2.10. The lowest BCUT2D eigenvalue weighted by atomic mass is 10.2. The van der Waals surface area contributed by atoms with E-state index in [-0.39, 0.29) is 0 Å². The van der Waals surface area contributed by atoms with Crippen molar-refractivity contribution in [3.05, 3.63) is 62.0 Å². The molecule has 0 spiro atoms. The molecule has 2 rings (SSSR count). The zero-order valence-corrected chi connectivity index (χ0v) is 12.9. The van der Waals surface area contributed by atoms with Crippen LogP contribution in [0.15, 0.2) is 40.9 Å². The number of nitrogens with one attached hydrogen (secondary N) is 1. The second-order valence-electron chi connectivity index (χ2n) is 3.90. The normalized spacial score (nSPS) is 10.0. The molecule has 2 nitrogen and oxygen atoms in total. The average Bonchev–Trinajstić information content (AvgIpc) is 2.38. The SMILES string of the molecule is N#Cc1ccc(NCc2ccc(Br)cc2Cl)cc1Cl. The summed E-state index contributed by atoms with van der Waals surface area (Å²) in [4.78, 5) is 0. The van der Waals surface area contributed by atoms with Gasteiger partial charge in [-0.05, 0) is 35.9 Å². The van der Waals surface area contributed by atoms with Gasteiger partial charge >= 0.3 is 0 Å². The van der Waals surface area contributed by atoms with Crippen LogP contribution in [0, 0.1) is 11.3 Å². The highest BCUT2D eigenvalue weighted by Gasteiger charge is 2.03. The van der Waals surface area contributed by atoms with E-state index < -0.39 is 0 Å². The minimum atomic E-state index is 0.439. The van der Waals surface area contributed by atoms with Gasteiger partial charge in [-0.1, -0.05) is 45.2 Å². The van der Waals surface area contributed by atoms with Crippen molar-refractivity contribution in [2.24, 2.45) is 0 Å². The highest BCUT2D eigenvalue weighted by molar-refractivity contribution is 9.10. The van der Waals surface area contributed by atoms with Crippen LogP contribution in [0.4, 0.5) is 5.69 Å². The van der Waals surface area contributed by atoms with Gasteiger partial charge in [-0.25, -0.2) is 0 Å². The van der Waals surface area contributed by atoms with Crippen molar-refractivity contribution in [1.82, 2.24) is 0 Å². The molecule has 0 radical (unpaired) electrons. The van der Waals surface area contributed by atoms with Gasteiger partial charge < -0.3 is 5.32 Å². The molecule has 0 aliphatic carbocycles. The Bertz CT molecular complexity index is 650. The minimum Gasteiger partial charge on any atom is -0.381 e. The Morgan fingerprint density at radius 2 is 1.89 bits per heavy atom. The Morgan fingerprint density at radius 1 is 1.11 bits per heavy atom. The zero-order valence-electron chi connectivity index (χ0n) is 9.75. The number of hydrogen-bond donors (Lipinski definition) is 1. The third-order valence-electron chi connectivity index (χ3n) is 2.59. The van der Waals surface area contributed by atoms with E-state index in [9.17, 15) is 0 Å². The van der Waals surface area contributed by atoms with Crippen LogP contribution in [0.2, 0.25) is 10.0 Å². The number of nitrogens with zero attached hydrogens (tertiary/aromatic N) is 1. The first-order valence-electron chi connectivity index (χ1n) is 5.47. The molecule has 0 amide bonds. The van der Waals surface area contributed by atoms with Crippen LogP contribution in [0.25, 0.3) is 0 Å². The fourth-order valence-electron chi connectivity index (χ4n) is 1.58. The quantitative estimate of drug-likeness (QED) is 0.817. The molecule has 2 aromatic rings. The van der Waals surface area contributed by atoms with E-state index in [2.05, 4.69) is 21.2 Å². The van der Waals surface area contributed by atoms with Crippen LogP contribution in [-0.2, 0) is 6.54 Å².